The second kappa shape index (κ2) is 5.90. The van der Waals surface area contributed by atoms with Crippen molar-refractivity contribution in [1.29, 1.82) is 0 Å². The molecule has 0 saturated carbocycles. The van der Waals surface area contributed by atoms with Gasteiger partial charge in [-0.2, -0.15) is 0 Å². The van der Waals surface area contributed by atoms with Crippen LogP contribution in [0.3, 0.4) is 0 Å². The molecule has 1 aliphatic rings. The molecule has 1 aromatic rings. The van der Waals surface area contributed by atoms with Gasteiger partial charge in [-0.05, 0) is 18.2 Å². The van der Waals surface area contributed by atoms with Gasteiger partial charge in [-0.25, -0.2) is 9.18 Å². The molecule has 1 saturated heterocycles. The van der Waals surface area contributed by atoms with Crippen molar-refractivity contribution in [2.75, 3.05) is 25.7 Å². The fourth-order valence-corrected chi connectivity index (χ4v) is 2.28. The fourth-order valence-electron chi connectivity index (χ4n) is 2.28. The van der Waals surface area contributed by atoms with E-state index < -0.39 is 23.7 Å². The molecule has 1 atom stereocenters. The van der Waals surface area contributed by atoms with E-state index in [0.717, 1.165) is 12.1 Å². The van der Waals surface area contributed by atoms with Gasteiger partial charge in [0.2, 0.25) is 5.91 Å². The van der Waals surface area contributed by atoms with Crippen LogP contribution in [0, 0.1) is 11.7 Å². The van der Waals surface area contributed by atoms with Gasteiger partial charge < -0.3 is 14.4 Å². The molecule has 1 amide bonds. The molecule has 21 heavy (non-hydrogen) atoms. The van der Waals surface area contributed by atoms with Crippen molar-refractivity contribution in [2.24, 2.45) is 5.92 Å². The number of hydrogen-bond acceptors (Lipinski definition) is 5. The molecule has 0 aromatic heterocycles. The Hall–Kier alpha value is -2.44. The monoisotopic (exact) mass is 295 g/mol. The number of rotatable bonds is 3. The average Bonchev–Trinajstić information content (AvgIpc) is 2.87. The number of nitrogens with zero attached hydrogens (tertiary/aromatic N) is 1. The van der Waals surface area contributed by atoms with Crippen LogP contribution in [0.5, 0.6) is 0 Å². The van der Waals surface area contributed by atoms with E-state index in [1.54, 1.807) is 0 Å². The number of halogens is 1. The largest absolute Gasteiger partial charge is 0.469 e. The number of carbonyl (C=O) groups is 3. The lowest BCUT2D eigenvalue weighted by atomic mass is 10.1. The number of hydrogen-bond donors (Lipinski definition) is 0. The lowest BCUT2D eigenvalue weighted by Gasteiger charge is -2.19. The van der Waals surface area contributed by atoms with Crippen LogP contribution >= 0.6 is 0 Å². The van der Waals surface area contributed by atoms with E-state index in [9.17, 15) is 18.8 Å². The zero-order valence-corrected chi connectivity index (χ0v) is 11.6. The van der Waals surface area contributed by atoms with Gasteiger partial charge in [0.1, 0.15) is 5.82 Å². The van der Waals surface area contributed by atoms with Crippen LogP contribution < -0.4 is 4.90 Å². The molecule has 112 valence electrons. The average molecular weight is 295 g/mol. The molecule has 7 heteroatoms. The smallest absolute Gasteiger partial charge is 0.339 e. The third-order valence-electron chi connectivity index (χ3n) is 3.32. The summed E-state index contributed by atoms with van der Waals surface area (Å²) in [6, 6.07) is 3.42. The standard InChI is InChI=1S/C14H14FNO5/c1-20-13(18)8-5-12(17)16(7-8)11-6-9(15)3-4-10(11)14(19)21-2/h3-4,6,8H,5,7H2,1-2H3. The molecular formula is C14H14FNO5. The number of esters is 2. The highest BCUT2D eigenvalue weighted by Gasteiger charge is 2.37. The second-order valence-corrected chi connectivity index (χ2v) is 4.58. The first-order valence-corrected chi connectivity index (χ1v) is 6.24. The molecule has 1 unspecified atom stereocenters. The van der Waals surface area contributed by atoms with Crippen molar-refractivity contribution in [2.45, 2.75) is 6.42 Å². The molecule has 0 radical (unpaired) electrons. The molecule has 0 bridgehead atoms. The van der Waals surface area contributed by atoms with E-state index in [0.29, 0.717) is 0 Å². The van der Waals surface area contributed by atoms with Crippen LogP contribution in [0.4, 0.5) is 10.1 Å². The highest BCUT2D eigenvalue weighted by molar-refractivity contribution is 6.05. The van der Waals surface area contributed by atoms with Gasteiger partial charge in [0, 0.05) is 13.0 Å². The minimum Gasteiger partial charge on any atom is -0.469 e. The predicted octanol–water partition coefficient (Wildman–Crippen LogP) is 1.14. The van der Waals surface area contributed by atoms with E-state index in [1.165, 1.54) is 25.2 Å². The van der Waals surface area contributed by atoms with Gasteiger partial charge in [0.25, 0.3) is 0 Å². The van der Waals surface area contributed by atoms with Gasteiger partial charge in [0.15, 0.2) is 0 Å². The Bertz CT molecular complexity index is 601. The number of methoxy groups -OCH3 is 2. The van der Waals surface area contributed by atoms with Crippen LogP contribution in [0.15, 0.2) is 18.2 Å². The maximum absolute atomic E-state index is 13.4. The molecule has 0 N–H and O–H groups in total. The summed E-state index contributed by atoms with van der Waals surface area (Å²) in [6.07, 6.45) is -0.0379. The number of amides is 1. The van der Waals surface area contributed by atoms with Crippen molar-refractivity contribution < 1.29 is 28.2 Å². The minimum atomic E-state index is -0.681. The SMILES string of the molecule is COC(=O)c1ccc(F)cc1N1CC(C(=O)OC)CC1=O. The van der Waals surface area contributed by atoms with E-state index in [1.807, 2.05) is 0 Å². The molecule has 1 fully saturated rings. The van der Waals surface area contributed by atoms with E-state index in [4.69, 9.17) is 0 Å². The third kappa shape index (κ3) is 2.86. The van der Waals surface area contributed by atoms with E-state index in [-0.39, 0.29) is 30.1 Å². The fraction of sp³-hybridized carbons (Fsp3) is 0.357. The molecule has 1 aliphatic heterocycles. The summed E-state index contributed by atoms with van der Waals surface area (Å²) >= 11 is 0. The maximum atomic E-state index is 13.4. The summed E-state index contributed by atoms with van der Waals surface area (Å²) in [6.45, 7) is 0.0406. The van der Waals surface area contributed by atoms with Crippen LogP contribution in [0.1, 0.15) is 16.8 Å². The lowest BCUT2D eigenvalue weighted by molar-refractivity contribution is -0.145. The Morgan fingerprint density at radius 1 is 1.29 bits per heavy atom. The summed E-state index contributed by atoms with van der Waals surface area (Å²) in [5.74, 6) is -2.79. The Balaban J connectivity index is 2.37. The van der Waals surface area contributed by atoms with Crippen molar-refractivity contribution in [3.63, 3.8) is 0 Å². The third-order valence-corrected chi connectivity index (χ3v) is 3.32. The van der Waals surface area contributed by atoms with E-state index in [2.05, 4.69) is 9.47 Å². The van der Waals surface area contributed by atoms with Crippen LogP contribution in [-0.4, -0.2) is 38.6 Å². The quantitative estimate of drug-likeness (QED) is 0.782. The van der Waals surface area contributed by atoms with Crippen molar-refractivity contribution in [1.82, 2.24) is 0 Å². The molecule has 0 aliphatic carbocycles. The van der Waals surface area contributed by atoms with Gasteiger partial charge in [-0.3, -0.25) is 9.59 Å². The Kier molecular flexibility index (Phi) is 4.21. The zero-order valence-electron chi connectivity index (χ0n) is 11.6. The molecule has 6 nitrogen and oxygen atoms in total. The second-order valence-electron chi connectivity index (χ2n) is 4.58. The Labute approximate surface area is 120 Å². The van der Waals surface area contributed by atoms with E-state index >= 15 is 0 Å². The van der Waals surface area contributed by atoms with Crippen LogP contribution in [0.2, 0.25) is 0 Å². The van der Waals surface area contributed by atoms with Crippen molar-refractivity contribution >= 4 is 23.5 Å². The molecule has 1 heterocycles. The summed E-state index contributed by atoms with van der Waals surface area (Å²) in [7, 11) is 2.43. The van der Waals surface area contributed by atoms with Crippen molar-refractivity contribution in [3.8, 4) is 0 Å². The predicted molar refractivity (Wildman–Crippen MR) is 70.2 cm³/mol. The summed E-state index contributed by atoms with van der Waals surface area (Å²) < 4.78 is 22.7. The normalized spacial score (nSPS) is 17.8. The minimum absolute atomic E-state index is 0.0379. The highest BCUT2D eigenvalue weighted by Crippen LogP contribution is 2.29. The summed E-state index contributed by atoms with van der Waals surface area (Å²) in [5, 5.41) is 0. The highest BCUT2D eigenvalue weighted by atomic mass is 19.1. The zero-order chi connectivity index (χ0) is 15.6. The van der Waals surface area contributed by atoms with Crippen LogP contribution in [0.25, 0.3) is 0 Å². The van der Waals surface area contributed by atoms with Gasteiger partial charge in [0.05, 0.1) is 31.4 Å². The lowest BCUT2D eigenvalue weighted by Crippen LogP contribution is -2.28. The maximum Gasteiger partial charge on any atom is 0.339 e. The topological polar surface area (TPSA) is 72.9 Å². The Morgan fingerprint density at radius 3 is 2.62 bits per heavy atom. The van der Waals surface area contributed by atoms with Gasteiger partial charge in [-0.1, -0.05) is 0 Å². The summed E-state index contributed by atoms with van der Waals surface area (Å²) in [4.78, 5) is 36.4. The Morgan fingerprint density at radius 2 is 2.00 bits per heavy atom. The molecule has 2 rings (SSSR count). The van der Waals surface area contributed by atoms with Gasteiger partial charge in [-0.15, -0.1) is 0 Å². The van der Waals surface area contributed by atoms with Gasteiger partial charge >= 0.3 is 11.9 Å². The van der Waals surface area contributed by atoms with Crippen molar-refractivity contribution in [3.05, 3.63) is 29.6 Å². The molecule has 0 spiro atoms. The first-order chi connectivity index (χ1) is 9.97. The number of ether oxygens (including phenoxy) is 2. The number of anilines is 1. The van der Waals surface area contributed by atoms with Crippen LogP contribution in [-0.2, 0) is 19.1 Å². The first kappa shape index (κ1) is 15.0. The number of benzene rings is 1. The molecule has 1 aromatic carbocycles. The number of carbonyl (C=O) groups excluding carboxylic acids is 3. The summed E-state index contributed by atoms with van der Waals surface area (Å²) in [5.41, 5.74) is 0.163. The first-order valence-electron chi connectivity index (χ1n) is 6.24. The molecular weight excluding hydrogens is 281 g/mol.